The fourth-order valence-corrected chi connectivity index (χ4v) is 2.03. The molecule has 1 nitrogen and oxygen atoms in total. The van der Waals surface area contributed by atoms with E-state index in [0.29, 0.717) is 0 Å². The number of rotatable bonds is 3. The first kappa shape index (κ1) is 12.2. The molecule has 0 aliphatic heterocycles. The lowest BCUT2D eigenvalue weighted by molar-refractivity contribution is 0.220. The molecule has 0 aliphatic rings. The van der Waals surface area contributed by atoms with Crippen molar-refractivity contribution in [2.45, 2.75) is 19.4 Å². The second kappa shape index (κ2) is 5.88. The van der Waals surface area contributed by atoms with Gasteiger partial charge in [-0.3, -0.25) is 0 Å². The first-order chi connectivity index (χ1) is 6.63. The highest BCUT2D eigenvalue weighted by Crippen LogP contribution is 2.24. The number of hydrogen-bond acceptors (Lipinski definition) is 1. The Morgan fingerprint density at radius 1 is 1.50 bits per heavy atom. The summed E-state index contributed by atoms with van der Waals surface area (Å²) in [6.07, 6.45) is 2.29. The Morgan fingerprint density at radius 3 is 2.57 bits per heavy atom. The van der Waals surface area contributed by atoms with Crippen LogP contribution in [0.4, 0.5) is 0 Å². The average molecular weight is 367 g/mol. The molecule has 0 saturated heterocycles. The molecule has 1 aromatic rings. The van der Waals surface area contributed by atoms with Gasteiger partial charge in [-0.05, 0) is 52.8 Å². The monoisotopic (exact) mass is 366 g/mol. The third-order valence-corrected chi connectivity index (χ3v) is 3.39. The second-order valence-electron chi connectivity index (χ2n) is 3.00. The molecule has 0 aliphatic carbocycles. The molecular formula is C11H12BrIO. The van der Waals surface area contributed by atoms with Crippen LogP contribution >= 0.6 is 38.5 Å². The molecule has 0 aromatic heterocycles. The molecular weight excluding hydrogens is 355 g/mol. The largest absolute Gasteiger partial charge is 0.389 e. The van der Waals surface area contributed by atoms with Crippen molar-refractivity contribution in [1.29, 1.82) is 0 Å². The number of aliphatic hydroxyl groups excluding tert-OH is 1. The Labute approximate surface area is 106 Å². The minimum absolute atomic E-state index is 0.342. The topological polar surface area (TPSA) is 20.2 Å². The molecule has 0 amide bonds. The molecule has 1 rings (SSSR count). The van der Waals surface area contributed by atoms with E-state index >= 15 is 0 Å². The Kier molecular flexibility index (Phi) is 5.12. The lowest BCUT2D eigenvalue weighted by atomic mass is 10.2. The molecule has 0 heterocycles. The van der Waals surface area contributed by atoms with E-state index in [1.165, 1.54) is 0 Å². The van der Waals surface area contributed by atoms with Crippen molar-refractivity contribution < 1.29 is 5.11 Å². The summed E-state index contributed by atoms with van der Waals surface area (Å²) in [6.45, 7) is 1.96. The summed E-state index contributed by atoms with van der Waals surface area (Å²) in [5.74, 6) is 0. The van der Waals surface area contributed by atoms with Crippen LogP contribution in [0.5, 0.6) is 0 Å². The van der Waals surface area contributed by atoms with Crippen molar-refractivity contribution in [3.63, 3.8) is 0 Å². The number of halogens is 2. The van der Waals surface area contributed by atoms with Crippen LogP contribution in [0.15, 0.2) is 34.8 Å². The highest BCUT2D eigenvalue weighted by atomic mass is 127. The maximum atomic E-state index is 9.45. The molecule has 0 radical (unpaired) electrons. The third kappa shape index (κ3) is 3.71. The highest BCUT2D eigenvalue weighted by Gasteiger charge is 2.00. The normalized spacial score (nSPS) is 14.1. The fourth-order valence-electron chi connectivity index (χ4n) is 0.992. The van der Waals surface area contributed by atoms with E-state index in [1.807, 2.05) is 37.3 Å². The predicted octanol–water partition coefficient (Wildman–Crippen LogP) is 4.00. The van der Waals surface area contributed by atoms with Crippen molar-refractivity contribution in [2.75, 3.05) is 0 Å². The molecule has 0 fully saturated rings. The van der Waals surface area contributed by atoms with Crippen LogP contribution in [0.2, 0.25) is 0 Å². The molecule has 1 unspecified atom stereocenters. The Balaban J connectivity index is 2.83. The average Bonchev–Trinajstić information content (AvgIpc) is 2.18. The van der Waals surface area contributed by atoms with Gasteiger partial charge >= 0.3 is 0 Å². The Bertz CT molecular complexity index is 319. The molecule has 14 heavy (non-hydrogen) atoms. The van der Waals surface area contributed by atoms with Crippen molar-refractivity contribution >= 4 is 42.1 Å². The standard InChI is InChI=1S/C11H12BrIO/c1-2-10(14)7-11(13)8-3-5-9(12)6-4-8/h3-7,10,14H,2H2,1H3. The first-order valence-electron chi connectivity index (χ1n) is 4.44. The van der Waals surface area contributed by atoms with E-state index in [1.54, 1.807) is 0 Å². The summed E-state index contributed by atoms with van der Waals surface area (Å²) in [4.78, 5) is 0. The van der Waals surface area contributed by atoms with Crippen LogP contribution in [-0.2, 0) is 0 Å². The minimum atomic E-state index is -0.342. The summed E-state index contributed by atoms with van der Waals surface area (Å²) in [6, 6.07) is 8.07. The minimum Gasteiger partial charge on any atom is -0.389 e. The number of benzene rings is 1. The van der Waals surface area contributed by atoms with Gasteiger partial charge < -0.3 is 5.11 Å². The summed E-state index contributed by atoms with van der Waals surface area (Å²) in [5.41, 5.74) is 1.14. The summed E-state index contributed by atoms with van der Waals surface area (Å²) >= 11 is 5.63. The Morgan fingerprint density at radius 2 is 2.07 bits per heavy atom. The zero-order valence-electron chi connectivity index (χ0n) is 7.87. The lowest BCUT2D eigenvalue weighted by Crippen LogP contribution is -1.98. The van der Waals surface area contributed by atoms with Crippen molar-refractivity contribution in [3.8, 4) is 0 Å². The van der Waals surface area contributed by atoms with E-state index in [9.17, 15) is 5.11 Å². The quantitative estimate of drug-likeness (QED) is 0.802. The van der Waals surface area contributed by atoms with E-state index < -0.39 is 0 Å². The molecule has 1 atom stereocenters. The van der Waals surface area contributed by atoms with Crippen molar-refractivity contribution in [3.05, 3.63) is 40.4 Å². The van der Waals surface area contributed by atoms with Gasteiger partial charge in [-0.1, -0.05) is 35.0 Å². The zero-order valence-corrected chi connectivity index (χ0v) is 11.6. The predicted molar refractivity (Wildman–Crippen MR) is 72.4 cm³/mol. The summed E-state index contributed by atoms with van der Waals surface area (Å²) in [7, 11) is 0. The van der Waals surface area contributed by atoms with Gasteiger partial charge in [0.05, 0.1) is 6.10 Å². The van der Waals surface area contributed by atoms with Crippen LogP contribution in [-0.4, -0.2) is 11.2 Å². The maximum Gasteiger partial charge on any atom is 0.0731 e. The van der Waals surface area contributed by atoms with Crippen LogP contribution in [0, 0.1) is 0 Å². The molecule has 1 aromatic carbocycles. The number of aliphatic hydroxyl groups is 1. The van der Waals surface area contributed by atoms with Gasteiger partial charge in [-0.2, -0.15) is 0 Å². The lowest BCUT2D eigenvalue weighted by Gasteiger charge is -2.04. The van der Waals surface area contributed by atoms with Gasteiger partial charge in [0.25, 0.3) is 0 Å². The van der Waals surface area contributed by atoms with Gasteiger partial charge in [0, 0.05) is 8.05 Å². The molecule has 0 spiro atoms. The summed E-state index contributed by atoms with van der Waals surface area (Å²) < 4.78 is 2.16. The SMILES string of the molecule is CCC(O)C=C(I)c1ccc(Br)cc1. The second-order valence-corrected chi connectivity index (χ2v) is 5.07. The molecule has 76 valence electrons. The van der Waals surface area contributed by atoms with Crippen LogP contribution in [0.25, 0.3) is 3.58 Å². The first-order valence-corrected chi connectivity index (χ1v) is 6.32. The van der Waals surface area contributed by atoms with E-state index in [0.717, 1.165) is 20.0 Å². The molecule has 3 heteroatoms. The van der Waals surface area contributed by atoms with Gasteiger partial charge in [-0.15, -0.1) is 0 Å². The van der Waals surface area contributed by atoms with E-state index in [-0.39, 0.29) is 6.10 Å². The Hall–Kier alpha value is 0.130. The molecule has 0 saturated carbocycles. The number of hydrogen-bond donors (Lipinski definition) is 1. The van der Waals surface area contributed by atoms with Gasteiger partial charge in [0.1, 0.15) is 0 Å². The summed E-state index contributed by atoms with van der Waals surface area (Å²) in [5, 5.41) is 9.45. The highest BCUT2D eigenvalue weighted by molar-refractivity contribution is 14.1. The van der Waals surface area contributed by atoms with E-state index in [2.05, 4.69) is 38.5 Å². The molecule has 0 bridgehead atoms. The van der Waals surface area contributed by atoms with Crippen molar-refractivity contribution in [2.24, 2.45) is 0 Å². The van der Waals surface area contributed by atoms with Gasteiger partial charge in [0.15, 0.2) is 0 Å². The maximum absolute atomic E-state index is 9.45. The van der Waals surface area contributed by atoms with Crippen LogP contribution in [0.1, 0.15) is 18.9 Å². The van der Waals surface area contributed by atoms with Crippen molar-refractivity contribution in [1.82, 2.24) is 0 Å². The van der Waals surface area contributed by atoms with Gasteiger partial charge in [0.2, 0.25) is 0 Å². The fraction of sp³-hybridized carbons (Fsp3) is 0.273. The third-order valence-electron chi connectivity index (χ3n) is 1.88. The van der Waals surface area contributed by atoms with Crippen LogP contribution in [0.3, 0.4) is 0 Å². The van der Waals surface area contributed by atoms with E-state index in [4.69, 9.17) is 0 Å². The zero-order chi connectivity index (χ0) is 10.6. The molecule has 1 N–H and O–H groups in total. The van der Waals surface area contributed by atoms with Crippen LogP contribution < -0.4 is 0 Å². The van der Waals surface area contributed by atoms with Gasteiger partial charge in [-0.25, -0.2) is 0 Å². The smallest absolute Gasteiger partial charge is 0.0731 e.